The molecule has 0 bridgehead atoms. The minimum atomic E-state index is -2.16. The number of ether oxygens (including phenoxy) is 2. The van der Waals surface area contributed by atoms with Gasteiger partial charge in [-0.1, -0.05) is 69.3 Å². The Balaban J connectivity index is 1.96. The van der Waals surface area contributed by atoms with E-state index in [4.69, 9.17) is 13.9 Å². The molecule has 0 radical (unpaired) electrons. The zero-order valence-corrected chi connectivity index (χ0v) is 21.9. The monoisotopic (exact) mass is 478 g/mol. The standard InChI is InChI=1S/C28H34O5Si/c1-7-31-25(29)28-22(19-13-9-8-10-14-19)17-20(33-34(5,6)27(2,3)4)18-23(28)21-15-11-12-16-24(21)32-26(28)30/h8-17,22-23H,7,18H2,1-6H3. The van der Waals surface area contributed by atoms with E-state index < -0.39 is 37.5 Å². The van der Waals surface area contributed by atoms with Crippen molar-refractivity contribution < 1.29 is 23.5 Å². The van der Waals surface area contributed by atoms with Crippen LogP contribution in [0.2, 0.25) is 18.1 Å². The summed E-state index contributed by atoms with van der Waals surface area (Å²) in [5.74, 6) is -0.819. The van der Waals surface area contributed by atoms with Gasteiger partial charge in [0.25, 0.3) is 0 Å². The number of fused-ring (bicyclic) bond motifs is 3. The van der Waals surface area contributed by atoms with E-state index in [1.54, 1.807) is 13.0 Å². The van der Waals surface area contributed by atoms with E-state index in [0.29, 0.717) is 12.2 Å². The summed E-state index contributed by atoms with van der Waals surface area (Å²) in [4.78, 5) is 27.5. The number of benzene rings is 2. The first kappa shape index (κ1) is 24.3. The zero-order valence-electron chi connectivity index (χ0n) is 20.9. The fourth-order valence-electron chi connectivity index (χ4n) is 4.81. The molecule has 5 nitrogen and oxygen atoms in total. The lowest BCUT2D eigenvalue weighted by atomic mass is 9.57. The van der Waals surface area contributed by atoms with Gasteiger partial charge in [0.2, 0.25) is 8.32 Å². The second-order valence-electron chi connectivity index (χ2n) is 10.7. The summed E-state index contributed by atoms with van der Waals surface area (Å²) in [6.45, 7) is 13.0. The van der Waals surface area contributed by atoms with Gasteiger partial charge in [0, 0.05) is 23.8 Å². The van der Waals surface area contributed by atoms with Crippen molar-refractivity contribution in [2.45, 2.75) is 64.1 Å². The molecule has 180 valence electrons. The number of carbonyl (C=O) groups is 2. The molecular weight excluding hydrogens is 444 g/mol. The molecule has 0 saturated carbocycles. The number of para-hydroxylation sites is 1. The number of rotatable bonds is 5. The highest BCUT2D eigenvalue weighted by Crippen LogP contribution is 2.59. The Hall–Kier alpha value is -2.86. The van der Waals surface area contributed by atoms with Gasteiger partial charge in [-0.2, -0.15) is 0 Å². The minimum absolute atomic E-state index is 0.00909. The number of esters is 2. The van der Waals surface area contributed by atoms with Crippen molar-refractivity contribution in [3.8, 4) is 5.75 Å². The largest absolute Gasteiger partial charge is 0.547 e. The molecule has 4 rings (SSSR count). The number of hydrogen-bond donors (Lipinski definition) is 0. The molecule has 0 spiro atoms. The first-order valence-electron chi connectivity index (χ1n) is 12.0. The number of allylic oxidation sites excluding steroid dienone is 2. The summed E-state index contributed by atoms with van der Waals surface area (Å²) in [6.07, 6.45) is 2.40. The van der Waals surface area contributed by atoms with Crippen molar-refractivity contribution in [2.75, 3.05) is 6.61 Å². The molecule has 1 aliphatic heterocycles. The van der Waals surface area contributed by atoms with E-state index in [1.807, 2.05) is 54.6 Å². The van der Waals surface area contributed by atoms with Gasteiger partial charge in [0.1, 0.15) is 5.75 Å². The maximum absolute atomic E-state index is 13.8. The zero-order chi connectivity index (χ0) is 24.7. The molecule has 2 aromatic rings. The molecule has 6 heteroatoms. The molecule has 0 fully saturated rings. The van der Waals surface area contributed by atoms with Crippen LogP contribution in [0.3, 0.4) is 0 Å². The molecule has 34 heavy (non-hydrogen) atoms. The summed E-state index contributed by atoms with van der Waals surface area (Å²) >= 11 is 0. The van der Waals surface area contributed by atoms with E-state index >= 15 is 0 Å². The SMILES string of the molecule is CCOC(=O)C12C(=O)Oc3ccccc3C1CC(O[Si](C)(C)C(C)(C)C)=CC2c1ccccc1. The molecule has 0 N–H and O–H groups in total. The highest BCUT2D eigenvalue weighted by molar-refractivity contribution is 6.74. The Labute approximate surface area is 203 Å². The van der Waals surface area contributed by atoms with Crippen molar-refractivity contribution in [3.63, 3.8) is 0 Å². The van der Waals surface area contributed by atoms with Crippen LogP contribution in [0.1, 0.15) is 57.1 Å². The molecule has 2 aliphatic rings. The Morgan fingerprint density at radius 1 is 1.09 bits per heavy atom. The summed E-state index contributed by atoms with van der Waals surface area (Å²) in [7, 11) is -2.16. The quantitative estimate of drug-likeness (QED) is 0.217. The van der Waals surface area contributed by atoms with Crippen LogP contribution >= 0.6 is 0 Å². The predicted molar refractivity (Wildman–Crippen MR) is 134 cm³/mol. The maximum Gasteiger partial charge on any atom is 0.330 e. The smallest absolute Gasteiger partial charge is 0.330 e. The Morgan fingerprint density at radius 2 is 1.74 bits per heavy atom. The van der Waals surface area contributed by atoms with Crippen LogP contribution in [0.4, 0.5) is 0 Å². The van der Waals surface area contributed by atoms with E-state index in [2.05, 4.69) is 33.9 Å². The Morgan fingerprint density at radius 3 is 2.38 bits per heavy atom. The van der Waals surface area contributed by atoms with E-state index in [0.717, 1.165) is 16.9 Å². The molecule has 0 aromatic heterocycles. The van der Waals surface area contributed by atoms with Crippen molar-refractivity contribution in [3.05, 3.63) is 77.6 Å². The van der Waals surface area contributed by atoms with Crippen molar-refractivity contribution >= 4 is 20.3 Å². The van der Waals surface area contributed by atoms with Gasteiger partial charge < -0.3 is 13.9 Å². The Bertz CT molecular complexity index is 1120. The van der Waals surface area contributed by atoms with E-state index in [1.165, 1.54) is 0 Å². The second kappa shape index (κ2) is 8.73. The Kier molecular flexibility index (Phi) is 6.23. The molecule has 0 amide bonds. The first-order valence-corrected chi connectivity index (χ1v) is 14.9. The molecule has 1 aliphatic carbocycles. The lowest BCUT2D eigenvalue weighted by Gasteiger charge is -2.48. The molecule has 3 atom stereocenters. The second-order valence-corrected chi connectivity index (χ2v) is 15.4. The van der Waals surface area contributed by atoms with Crippen LogP contribution in [0.5, 0.6) is 5.75 Å². The van der Waals surface area contributed by atoms with Crippen LogP contribution in [0, 0.1) is 5.41 Å². The lowest BCUT2D eigenvalue weighted by molar-refractivity contribution is -0.173. The van der Waals surface area contributed by atoms with Gasteiger partial charge in [-0.3, -0.25) is 9.59 Å². The summed E-state index contributed by atoms with van der Waals surface area (Å²) in [5, 5.41) is 0.00909. The summed E-state index contributed by atoms with van der Waals surface area (Å²) in [5.41, 5.74) is 0.167. The summed E-state index contributed by atoms with van der Waals surface area (Å²) in [6, 6.07) is 17.1. The fourth-order valence-corrected chi connectivity index (χ4v) is 5.93. The molecule has 1 heterocycles. The van der Waals surface area contributed by atoms with Gasteiger partial charge in [0.15, 0.2) is 5.41 Å². The normalized spacial score (nSPS) is 24.3. The van der Waals surface area contributed by atoms with Crippen LogP contribution in [0.15, 0.2) is 66.4 Å². The average Bonchev–Trinajstić information content (AvgIpc) is 2.78. The van der Waals surface area contributed by atoms with Crippen LogP contribution < -0.4 is 4.74 Å². The third-order valence-corrected chi connectivity index (χ3v) is 12.0. The van der Waals surface area contributed by atoms with E-state index in [9.17, 15) is 9.59 Å². The highest BCUT2D eigenvalue weighted by atomic mass is 28.4. The van der Waals surface area contributed by atoms with Crippen molar-refractivity contribution in [1.29, 1.82) is 0 Å². The van der Waals surface area contributed by atoms with Gasteiger partial charge in [-0.15, -0.1) is 0 Å². The van der Waals surface area contributed by atoms with E-state index in [-0.39, 0.29) is 11.6 Å². The molecule has 3 unspecified atom stereocenters. The highest BCUT2D eigenvalue weighted by Gasteiger charge is 2.65. The number of hydrogen-bond acceptors (Lipinski definition) is 5. The van der Waals surface area contributed by atoms with Gasteiger partial charge in [0.05, 0.1) is 12.4 Å². The predicted octanol–water partition coefficient (Wildman–Crippen LogP) is 6.33. The van der Waals surface area contributed by atoms with Crippen LogP contribution in [-0.4, -0.2) is 26.9 Å². The van der Waals surface area contributed by atoms with Crippen molar-refractivity contribution in [2.24, 2.45) is 5.41 Å². The third-order valence-electron chi connectivity index (χ3n) is 7.60. The topological polar surface area (TPSA) is 61.8 Å². The molecule has 2 aromatic carbocycles. The maximum atomic E-state index is 13.8. The molecule has 0 saturated heterocycles. The van der Waals surface area contributed by atoms with Gasteiger partial charge >= 0.3 is 11.9 Å². The lowest BCUT2D eigenvalue weighted by Crippen LogP contribution is -2.55. The van der Waals surface area contributed by atoms with Crippen molar-refractivity contribution in [1.82, 2.24) is 0 Å². The summed E-state index contributed by atoms with van der Waals surface area (Å²) < 4.78 is 18.2. The number of carbonyl (C=O) groups excluding carboxylic acids is 2. The minimum Gasteiger partial charge on any atom is -0.547 e. The van der Waals surface area contributed by atoms with Crippen LogP contribution in [-0.2, 0) is 18.8 Å². The first-order chi connectivity index (χ1) is 16.0. The third kappa shape index (κ3) is 3.88. The van der Waals surface area contributed by atoms with Gasteiger partial charge in [-0.05, 0) is 42.8 Å². The molecular formula is C28H34O5Si. The fraction of sp³-hybridized carbons (Fsp3) is 0.429. The average molecular weight is 479 g/mol. The van der Waals surface area contributed by atoms with Crippen LogP contribution in [0.25, 0.3) is 0 Å². The van der Waals surface area contributed by atoms with Gasteiger partial charge in [-0.25, -0.2) is 0 Å².